The van der Waals surface area contributed by atoms with Crippen molar-refractivity contribution >= 4 is 18.6 Å². The third kappa shape index (κ3) is 4.92. The van der Waals surface area contributed by atoms with Gasteiger partial charge in [0.2, 0.25) is 0 Å². The van der Waals surface area contributed by atoms with Crippen LogP contribution in [0.25, 0.3) is 0 Å². The number of carbonyl (C=O) groups excluding carboxylic acids is 1. The van der Waals surface area contributed by atoms with Crippen LogP contribution in [0.15, 0.2) is 41.7 Å². The number of benzene rings is 1. The Hall–Kier alpha value is -0.154. The van der Waals surface area contributed by atoms with Crippen molar-refractivity contribution in [2.24, 2.45) is 0 Å². The van der Waals surface area contributed by atoms with Crippen molar-refractivity contribution in [1.82, 2.24) is 9.55 Å². The summed E-state index contributed by atoms with van der Waals surface area (Å²) in [5.41, 5.74) is 1.50. The number of hydrogen-bond acceptors (Lipinski definition) is 5. The molecule has 7 heteroatoms. The van der Waals surface area contributed by atoms with E-state index in [4.69, 9.17) is 4.74 Å². The fraction of sp³-hybridized carbons (Fsp3) is 0.286. The summed E-state index contributed by atoms with van der Waals surface area (Å²) in [6.07, 6.45) is 1.50. The first-order valence-electron chi connectivity index (χ1n) is 6.13. The van der Waals surface area contributed by atoms with Crippen LogP contribution in [0.4, 0.5) is 0 Å². The fourth-order valence-electron chi connectivity index (χ4n) is 1.97. The maximum absolute atomic E-state index is 11.9. The smallest absolute Gasteiger partial charge is 0.870 e. The molecule has 0 fully saturated rings. The summed E-state index contributed by atoms with van der Waals surface area (Å²) in [5.74, 6) is -0.377. The van der Waals surface area contributed by atoms with E-state index in [1.807, 2.05) is 37.3 Å². The summed E-state index contributed by atoms with van der Waals surface area (Å²) in [6, 6.07) is 9.86. The van der Waals surface area contributed by atoms with Gasteiger partial charge in [-0.25, -0.2) is 9.78 Å². The average molecular weight is 332 g/mol. The second kappa shape index (κ2) is 9.78. The van der Waals surface area contributed by atoms with E-state index in [-0.39, 0.29) is 68.9 Å². The molecule has 2 aromatic rings. The van der Waals surface area contributed by atoms with Gasteiger partial charge >= 0.3 is 57.4 Å². The number of ether oxygens (including phenoxy) is 1. The maximum Gasteiger partial charge on any atom is 1.00 e. The summed E-state index contributed by atoms with van der Waals surface area (Å²) in [4.78, 5) is 16.0. The minimum Gasteiger partial charge on any atom is -0.870 e. The SMILES string of the molecule is CCOC(=O)c1cnc(S)n1C(C)c1ccccc1.[K+].[OH-]. The van der Waals surface area contributed by atoms with E-state index in [0.717, 1.165) is 5.56 Å². The molecule has 0 amide bonds. The second-order valence-electron chi connectivity index (χ2n) is 4.12. The van der Waals surface area contributed by atoms with Gasteiger partial charge in [-0.05, 0) is 19.4 Å². The van der Waals surface area contributed by atoms with Crippen molar-refractivity contribution in [3.05, 3.63) is 47.8 Å². The number of aromatic nitrogens is 2. The van der Waals surface area contributed by atoms with Crippen LogP contribution in [0.3, 0.4) is 0 Å². The fourth-order valence-corrected chi connectivity index (χ4v) is 2.31. The Morgan fingerprint density at radius 3 is 2.57 bits per heavy atom. The molecular formula is C14H17KN2O3S. The number of thiol groups is 1. The third-order valence-electron chi connectivity index (χ3n) is 2.93. The van der Waals surface area contributed by atoms with Crippen LogP contribution in [-0.2, 0) is 4.74 Å². The Morgan fingerprint density at radius 2 is 2.00 bits per heavy atom. The van der Waals surface area contributed by atoms with Crippen molar-refractivity contribution in [2.75, 3.05) is 6.61 Å². The first kappa shape index (κ1) is 20.8. The van der Waals surface area contributed by atoms with Crippen molar-refractivity contribution < 1.29 is 66.4 Å². The molecule has 0 radical (unpaired) electrons. The van der Waals surface area contributed by atoms with Gasteiger partial charge in [0, 0.05) is 0 Å². The molecule has 5 nitrogen and oxygen atoms in total. The van der Waals surface area contributed by atoms with Crippen molar-refractivity contribution in [3.8, 4) is 0 Å². The molecule has 1 aromatic heterocycles. The number of carbonyl (C=O) groups is 1. The molecule has 0 aliphatic heterocycles. The molecule has 1 heterocycles. The van der Waals surface area contributed by atoms with E-state index >= 15 is 0 Å². The molecule has 21 heavy (non-hydrogen) atoms. The van der Waals surface area contributed by atoms with Gasteiger partial charge in [0.1, 0.15) is 5.69 Å². The summed E-state index contributed by atoms with van der Waals surface area (Å²) >= 11 is 4.32. The number of imidazole rings is 1. The number of nitrogens with zero attached hydrogens (tertiary/aromatic N) is 2. The topological polar surface area (TPSA) is 74.1 Å². The standard InChI is InChI=1S/C14H16N2O2S.K.H2O/c1-3-18-13(17)12-9-15-14(19)16(12)10(2)11-7-5-4-6-8-11;;/h4-10H,3H2,1-2H3,(H,15,19);;1H2/q;+1;/p-1. The second-order valence-corrected chi connectivity index (χ2v) is 4.52. The molecule has 0 aliphatic carbocycles. The summed E-state index contributed by atoms with van der Waals surface area (Å²) in [6.45, 7) is 4.12. The van der Waals surface area contributed by atoms with Crippen molar-refractivity contribution in [3.63, 3.8) is 0 Å². The van der Waals surface area contributed by atoms with Gasteiger partial charge in [0.15, 0.2) is 5.16 Å². The molecule has 0 aliphatic rings. The zero-order valence-corrected chi connectivity index (χ0v) is 16.4. The van der Waals surface area contributed by atoms with Gasteiger partial charge in [-0.1, -0.05) is 30.3 Å². The van der Waals surface area contributed by atoms with Gasteiger partial charge in [-0.15, -0.1) is 12.6 Å². The van der Waals surface area contributed by atoms with Crippen molar-refractivity contribution in [2.45, 2.75) is 25.0 Å². The molecule has 1 atom stereocenters. The zero-order chi connectivity index (χ0) is 13.8. The largest absolute Gasteiger partial charge is 1.00 e. The van der Waals surface area contributed by atoms with Gasteiger partial charge in [-0.3, -0.25) is 0 Å². The normalized spacial score (nSPS) is 11.0. The Kier molecular flexibility index (Phi) is 9.71. The van der Waals surface area contributed by atoms with E-state index in [0.29, 0.717) is 17.5 Å². The number of hydrogen-bond donors (Lipinski definition) is 1. The van der Waals surface area contributed by atoms with E-state index in [1.54, 1.807) is 11.5 Å². The molecule has 2 rings (SSSR count). The summed E-state index contributed by atoms with van der Waals surface area (Å²) in [7, 11) is 0. The first-order chi connectivity index (χ1) is 9.15. The van der Waals surface area contributed by atoms with Crippen LogP contribution in [0.2, 0.25) is 0 Å². The molecule has 1 unspecified atom stereocenters. The number of rotatable bonds is 4. The van der Waals surface area contributed by atoms with Gasteiger partial charge < -0.3 is 14.8 Å². The minimum absolute atomic E-state index is 0. The molecular weight excluding hydrogens is 315 g/mol. The molecule has 0 spiro atoms. The van der Waals surface area contributed by atoms with E-state index in [2.05, 4.69) is 17.6 Å². The Morgan fingerprint density at radius 1 is 1.38 bits per heavy atom. The molecule has 108 valence electrons. The Labute approximate surface area is 172 Å². The Balaban J connectivity index is 0.00000200. The average Bonchev–Trinajstić information content (AvgIpc) is 2.81. The van der Waals surface area contributed by atoms with E-state index < -0.39 is 0 Å². The van der Waals surface area contributed by atoms with Crippen LogP contribution < -0.4 is 51.4 Å². The molecule has 0 bridgehead atoms. The van der Waals surface area contributed by atoms with Gasteiger partial charge in [0.25, 0.3) is 0 Å². The molecule has 1 N–H and O–H groups in total. The predicted octanol–water partition coefficient (Wildman–Crippen LogP) is -0.215. The molecule has 0 saturated carbocycles. The van der Waals surface area contributed by atoms with Crippen LogP contribution in [0.5, 0.6) is 0 Å². The van der Waals surface area contributed by atoms with Gasteiger partial charge in [-0.2, -0.15) is 0 Å². The Bertz CT molecular complexity index is 575. The van der Waals surface area contributed by atoms with Gasteiger partial charge in [0.05, 0.1) is 18.8 Å². The summed E-state index contributed by atoms with van der Waals surface area (Å²) < 4.78 is 6.81. The molecule has 0 saturated heterocycles. The van der Waals surface area contributed by atoms with E-state index in [9.17, 15) is 4.79 Å². The zero-order valence-electron chi connectivity index (χ0n) is 12.4. The minimum atomic E-state index is -0.377. The van der Waals surface area contributed by atoms with Crippen LogP contribution in [0, 0.1) is 0 Å². The maximum atomic E-state index is 11.9. The third-order valence-corrected chi connectivity index (χ3v) is 3.26. The number of esters is 1. The monoisotopic (exact) mass is 332 g/mol. The van der Waals surface area contributed by atoms with Crippen LogP contribution in [0.1, 0.15) is 35.9 Å². The van der Waals surface area contributed by atoms with Crippen molar-refractivity contribution in [1.29, 1.82) is 0 Å². The van der Waals surface area contributed by atoms with Crippen LogP contribution >= 0.6 is 12.6 Å². The quantitative estimate of drug-likeness (QED) is 0.477. The summed E-state index contributed by atoms with van der Waals surface area (Å²) in [5, 5.41) is 0.499. The predicted molar refractivity (Wildman–Crippen MR) is 77.6 cm³/mol. The van der Waals surface area contributed by atoms with Crippen LogP contribution in [-0.4, -0.2) is 27.6 Å². The van der Waals surface area contributed by atoms with E-state index in [1.165, 1.54) is 6.20 Å². The first-order valence-corrected chi connectivity index (χ1v) is 6.58. The molecule has 1 aromatic carbocycles.